The van der Waals surface area contributed by atoms with E-state index in [-0.39, 0.29) is 13.4 Å². The summed E-state index contributed by atoms with van der Waals surface area (Å²) in [6, 6.07) is 8.24. The molecule has 1 N–H and O–H groups in total. The van der Waals surface area contributed by atoms with Crippen molar-refractivity contribution in [1.29, 1.82) is 0 Å². The fourth-order valence-electron chi connectivity index (χ4n) is 3.62. The van der Waals surface area contributed by atoms with E-state index in [0.29, 0.717) is 11.0 Å². The molecule has 0 bridgehead atoms. The van der Waals surface area contributed by atoms with Crippen LogP contribution in [-0.2, 0) is 6.54 Å². The molecule has 0 aromatic heterocycles. The smallest absolute Gasteiger partial charge is 0.231 e. The Kier molecular flexibility index (Phi) is 6.72. The highest BCUT2D eigenvalue weighted by Gasteiger charge is 2.21. The summed E-state index contributed by atoms with van der Waals surface area (Å²) in [6.45, 7) is 4.61. The second-order valence-electron chi connectivity index (χ2n) is 7.43. The van der Waals surface area contributed by atoms with Crippen molar-refractivity contribution in [3.8, 4) is 17.2 Å². The van der Waals surface area contributed by atoms with Gasteiger partial charge < -0.3 is 19.3 Å². The monoisotopic (exact) mass is 484 g/mol. The number of hydrogen-bond donors (Lipinski definition) is 1. The summed E-state index contributed by atoms with van der Waals surface area (Å²) in [5, 5.41) is 10.2. The molecule has 162 valence electrons. The standard InChI is InChI=1S/C21H23BrF2N2O4/c22-15-8-17(23)21(18(24)9-15)28-12-16(27)11-26-5-3-25(4-6-26)10-14-1-2-19-20(7-14)30-13-29-19/h1-2,7-9,16,27H,3-6,10-13H2/t16-/m1/s1. The Bertz CT molecular complexity index is 870. The van der Waals surface area contributed by atoms with E-state index in [1.807, 2.05) is 18.2 Å². The van der Waals surface area contributed by atoms with Crippen molar-refractivity contribution in [1.82, 2.24) is 9.80 Å². The maximum atomic E-state index is 13.8. The number of aliphatic hydroxyl groups excluding tert-OH is 1. The lowest BCUT2D eigenvalue weighted by atomic mass is 10.1. The van der Waals surface area contributed by atoms with Gasteiger partial charge in [-0.25, -0.2) is 8.78 Å². The number of halogens is 3. The van der Waals surface area contributed by atoms with Crippen molar-refractivity contribution in [2.24, 2.45) is 0 Å². The zero-order chi connectivity index (χ0) is 21.1. The summed E-state index contributed by atoms with van der Waals surface area (Å²) in [4.78, 5) is 4.46. The summed E-state index contributed by atoms with van der Waals surface area (Å²) in [6.07, 6.45) is -0.840. The van der Waals surface area contributed by atoms with Gasteiger partial charge in [-0.2, -0.15) is 0 Å². The first-order valence-corrected chi connectivity index (χ1v) is 10.6. The van der Waals surface area contributed by atoms with E-state index < -0.39 is 23.5 Å². The van der Waals surface area contributed by atoms with Gasteiger partial charge in [0.05, 0.1) is 0 Å². The van der Waals surface area contributed by atoms with Crippen LogP contribution in [0.5, 0.6) is 17.2 Å². The molecule has 0 amide bonds. The normalized spacial score (nSPS) is 17.9. The van der Waals surface area contributed by atoms with Gasteiger partial charge in [0.1, 0.15) is 12.7 Å². The topological polar surface area (TPSA) is 54.4 Å². The van der Waals surface area contributed by atoms with Gasteiger partial charge in [0.2, 0.25) is 6.79 Å². The number of fused-ring (bicyclic) bond motifs is 1. The van der Waals surface area contributed by atoms with E-state index in [1.54, 1.807) is 0 Å². The number of hydrogen-bond acceptors (Lipinski definition) is 6. The molecule has 2 aliphatic rings. The average Bonchev–Trinajstić information content (AvgIpc) is 3.16. The van der Waals surface area contributed by atoms with E-state index in [1.165, 1.54) is 5.56 Å². The third-order valence-corrected chi connectivity index (χ3v) is 5.62. The van der Waals surface area contributed by atoms with Gasteiger partial charge in [-0.1, -0.05) is 22.0 Å². The van der Waals surface area contributed by atoms with Crippen LogP contribution in [0, 0.1) is 11.6 Å². The molecule has 6 nitrogen and oxygen atoms in total. The summed E-state index contributed by atoms with van der Waals surface area (Å²) >= 11 is 3.02. The van der Waals surface area contributed by atoms with Crippen molar-refractivity contribution in [3.05, 3.63) is 52.0 Å². The minimum absolute atomic E-state index is 0.174. The lowest BCUT2D eigenvalue weighted by Crippen LogP contribution is -2.48. The van der Waals surface area contributed by atoms with Crippen LogP contribution in [0.2, 0.25) is 0 Å². The zero-order valence-corrected chi connectivity index (χ0v) is 17.9. The largest absolute Gasteiger partial charge is 0.485 e. The van der Waals surface area contributed by atoms with Crippen molar-refractivity contribution in [3.63, 3.8) is 0 Å². The molecule has 0 spiro atoms. The van der Waals surface area contributed by atoms with Crippen LogP contribution in [0.25, 0.3) is 0 Å². The number of piperazine rings is 1. The highest BCUT2D eigenvalue weighted by molar-refractivity contribution is 9.10. The third-order valence-electron chi connectivity index (χ3n) is 5.16. The minimum atomic E-state index is -0.840. The predicted octanol–water partition coefficient (Wildman–Crippen LogP) is 3.01. The molecule has 2 heterocycles. The first-order valence-electron chi connectivity index (χ1n) is 9.76. The molecular weight excluding hydrogens is 462 g/mol. The Balaban J connectivity index is 1.21. The van der Waals surface area contributed by atoms with E-state index in [0.717, 1.165) is 56.4 Å². The fraction of sp³-hybridized carbons (Fsp3) is 0.429. The molecule has 4 rings (SSSR count). The second kappa shape index (κ2) is 9.47. The number of ether oxygens (including phenoxy) is 3. The predicted molar refractivity (Wildman–Crippen MR) is 110 cm³/mol. The van der Waals surface area contributed by atoms with Crippen LogP contribution in [0.15, 0.2) is 34.8 Å². The molecule has 2 aromatic rings. The number of benzene rings is 2. The highest BCUT2D eigenvalue weighted by atomic mass is 79.9. The maximum absolute atomic E-state index is 13.8. The van der Waals surface area contributed by atoms with Crippen molar-refractivity contribution >= 4 is 15.9 Å². The third kappa shape index (κ3) is 5.21. The second-order valence-corrected chi connectivity index (χ2v) is 8.34. The Morgan fingerprint density at radius 3 is 2.40 bits per heavy atom. The molecule has 1 fully saturated rings. The van der Waals surface area contributed by atoms with Crippen LogP contribution >= 0.6 is 15.9 Å². The Hall–Kier alpha value is -1.94. The average molecular weight is 485 g/mol. The first-order chi connectivity index (χ1) is 14.5. The van der Waals surface area contributed by atoms with E-state index in [2.05, 4.69) is 25.7 Å². The van der Waals surface area contributed by atoms with Gasteiger partial charge in [-0.15, -0.1) is 0 Å². The summed E-state index contributed by atoms with van der Waals surface area (Å²) in [7, 11) is 0. The molecule has 2 aliphatic heterocycles. The van der Waals surface area contributed by atoms with Gasteiger partial charge in [-0.05, 0) is 29.8 Å². The summed E-state index contributed by atoms with van der Waals surface area (Å²) < 4.78 is 43.9. The zero-order valence-electron chi connectivity index (χ0n) is 16.3. The summed E-state index contributed by atoms with van der Waals surface area (Å²) in [5.41, 5.74) is 1.17. The number of nitrogens with zero attached hydrogens (tertiary/aromatic N) is 2. The van der Waals surface area contributed by atoms with Crippen LogP contribution in [0.4, 0.5) is 8.78 Å². The van der Waals surface area contributed by atoms with Gasteiger partial charge in [-0.3, -0.25) is 9.80 Å². The Labute approximate surface area is 182 Å². The molecule has 1 atom stereocenters. The fourth-order valence-corrected chi connectivity index (χ4v) is 4.03. The SMILES string of the molecule is O[C@@H](COc1c(F)cc(Br)cc1F)CN1CCN(Cc2ccc3c(c2)OCO3)CC1. The molecule has 2 aromatic carbocycles. The lowest BCUT2D eigenvalue weighted by molar-refractivity contribution is 0.0428. The minimum Gasteiger partial charge on any atom is -0.485 e. The number of β-amino-alcohol motifs (C(OH)–C–C–N with tert-alkyl or cyclic N) is 1. The van der Waals surface area contributed by atoms with Crippen molar-refractivity contribution < 1.29 is 28.1 Å². The maximum Gasteiger partial charge on any atom is 0.231 e. The number of rotatable bonds is 7. The molecule has 0 aliphatic carbocycles. The quantitative estimate of drug-likeness (QED) is 0.651. The van der Waals surface area contributed by atoms with Crippen molar-refractivity contribution in [2.75, 3.05) is 46.1 Å². The van der Waals surface area contributed by atoms with E-state index in [4.69, 9.17) is 14.2 Å². The van der Waals surface area contributed by atoms with Gasteiger partial charge in [0.25, 0.3) is 0 Å². The molecule has 0 saturated carbocycles. The molecule has 1 saturated heterocycles. The van der Waals surface area contributed by atoms with Crippen molar-refractivity contribution in [2.45, 2.75) is 12.6 Å². The Morgan fingerprint density at radius 2 is 1.67 bits per heavy atom. The van der Waals surface area contributed by atoms with Gasteiger partial charge in [0.15, 0.2) is 28.9 Å². The molecule has 9 heteroatoms. The van der Waals surface area contributed by atoms with Gasteiger partial charge >= 0.3 is 0 Å². The summed E-state index contributed by atoms with van der Waals surface area (Å²) in [5.74, 6) is -0.501. The lowest BCUT2D eigenvalue weighted by Gasteiger charge is -2.35. The van der Waals surface area contributed by atoms with Gasteiger partial charge in [0, 0.05) is 43.7 Å². The first kappa shape index (κ1) is 21.3. The molecule has 30 heavy (non-hydrogen) atoms. The van der Waals surface area contributed by atoms with Crippen LogP contribution in [-0.4, -0.2) is 67.1 Å². The van der Waals surface area contributed by atoms with Crippen LogP contribution in [0.1, 0.15) is 5.56 Å². The number of aliphatic hydroxyl groups is 1. The Morgan fingerprint density at radius 1 is 1.00 bits per heavy atom. The molecular formula is C21H23BrF2N2O4. The highest BCUT2D eigenvalue weighted by Crippen LogP contribution is 2.33. The van der Waals surface area contributed by atoms with Crippen LogP contribution in [0.3, 0.4) is 0 Å². The van der Waals surface area contributed by atoms with Crippen LogP contribution < -0.4 is 14.2 Å². The molecule has 0 radical (unpaired) electrons. The molecule has 0 unspecified atom stereocenters. The van der Waals surface area contributed by atoms with E-state index in [9.17, 15) is 13.9 Å². The van der Waals surface area contributed by atoms with E-state index >= 15 is 0 Å².